The van der Waals surface area contributed by atoms with Gasteiger partial charge in [-0.1, -0.05) is 0 Å². The van der Waals surface area contributed by atoms with E-state index in [4.69, 9.17) is 4.74 Å². The lowest BCUT2D eigenvalue weighted by atomic mass is 9.88. The first-order chi connectivity index (χ1) is 4.86. The monoisotopic (exact) mass is 142 g/mol. The highest BCUT2D eigenvalue weighted by Gasteiger charge is 2.19. The number of methoxy groups -OCH3 is 1. The molecule has 0 aliphatic heterocycles. The van der Waals surface area contributed by atoms with Crippen LogP contribution in [-0.2, 0) is 9.53 Å². The van der Waals surface area contributed by atoms with E-state index in [2.05, 4.69) is 0 Å². The summed E-state index contributed by atoms with van der Waals surface area (Å²) in [6.07, 6.45) is 5.63. The predicted octanol–water partition coefficient (Wildman–Crippen LogP) is 1.39. The summed E-state index contributed by atoms with van der Waals surface area (Å²) in [7, 11) is 1.74. The van der Waals surface area contributed by atoms with Crippen LogP contribution in [0.4, 0.5) is 0 Å². The van der Waals surface area contributed by atoms with E-state index in [0.29, 0.717) is 12.0 Å². The second-order valence-corrected chi connectivity index (χ2v) is 2.91. The molecule has 0 aromatic rings. The Balaban J connectivity index is 2.23. The third kappa shape index (κ3) is 1.81. The maximum absolute atomic E-state index is 10.3. The Labute approximate surface area is 61.6 Å². The van der Waals surface area contributed by atoms with Crippen LogP contribution in [0.3, 0.4) is 0 Å². The van der Waals surface area contributed by atoms with Gasteiger partial charge in [-0.05, 0) is 25.7 Å². The summed E-state index contributed by atoms with van der Waals surface area (Å²) >= 11 is 0. The van der Waals surface area contributed by atoms with Crippen LogP contribution in [0.5, 0.6) is 0 Å². The molecule has 10 heavy (non-hydrogen) atoms. The van der Waals surface area contributed by atoms with Crippen molar-refractivity contribution in [1.82, 2.24) is 0 Å². The third-order valence-electron chi connectivity index (χ3n) is 2.24. The zero-order valence-corrected chi connectivity index (χ0v) is 6.38. The number of carbonyl (C=O) groups is 1. The molecule has 1 aliphatic carbocycles. The molecule has 0 heterocycles. The van der Waals surface area contributed by atoms with Gasteiger partial charge in [-0.3, -0.25) is 0 Å². The molecule has 2 heteroatoms. The average Bonchev–Trinajstić information content (AvgIpc) is 2.05. The average molecular weight is 142 g/mol. The van der Waals surface area contributed by atoms with Crippen LogP contribution in [0.25, 0.3) is 0 Å². The highest BCUT2D eigenvalue weighted by Crippen LogP contribution is 2.23. The zero-order valence-electron chi connectivity index (χ0n) is 6.38. The Morgan fingerprint density at radius 2 is 1.90 bits per heavy atom. The maximum atomic E-state index is 10.3. The van der Waals surface area contributed by atoms with Gasteiger partial charge in [-0.2, -0.15) is 0 Å². The van der Waals surface area contributed by atoms with E-state index < -0.39 is 0 Å². The van der Waals surface area contributed by atoms with Gasteiger partial charge in [0.2, 0.25) is 0 Å². The minimum absolute atomic E-state index is 0.311. The van der Waals surface area contributed by atoms with Crippen LogP contribution in [0, 0.1) is 5.92 Å². The fraction of sp³-hybridized carbons (Fsp3) is 0.875. The van der Waals surface area contributed by atoms with Gasteiger partial charge in [0.25, 0.3) is 0 Å². The number of hydrogen-bond acceptors (Lipinski definition) is 2. The number of ether oxygens (including phenoxy) is 1. The van der Waals surface area contributed by atoms with Gasteiger partial charge in [-0.15, -0.1) is 0 Å². The van der Waals surface area contributed by atoms with Gasteiger partial charge in [0.15, 0.2) is 0 Å². The van der Waals surface area contributed by atoms with Crippen molar-refractivity contribution < 1.29 is 9.53 Å². The molecule has 0 aromatic heterocycles. The first-order valence-electron chi connectivity index (χ1n) is 3.85. The largest absolute Gasteiger partial charge is 0.381 e. The fourth-order valence-electron chi connectivity index (χ4n) is 1.46. The smallest absolute Gasteiger partial charge is 0.123 e. The molecule has 2 nitrogen and oxygen atoms in total. The second-order valence-electron chi connectivity index (χ2n) is 2.91. The van der Waals surface area contributed by atoms with Gasteiger partial charge >= 0.3 is 0 Å². The molecule has 1 rings (SSSR count). The lowest BCUT2D eigenvalue weighted by molar-refractivity contribution is -0.112. The molecule has 0 saturated heterocycles. The minimum Gasteiger partial charge on any atom is -0.381 e. The van der Waals surface area contributed by atoms with Crippen LogP contribution < -0.4 is 0 Å². The number of hydrogen-bond donors (Lipinski definition) is 0. The standard InChI is InChI=1S/C8H14O2/c1-10-8-4-2-7(6-9)3-5-8/h6-8H,2-5H2,1H3/t7-,8+. The van der Waals surface area contributed by atoms with Crippen molar-refractivity contribution >= 4 is 6.29 Å². The van der Waals surface area contributed by atoms with Crippen LogP contribution in [-0.4, -0.2) is 19.5 Å². The van der Waals surface area contributed by atoms with Crippen LogP contribution in [0.2, 0.25) is 0 Å². The molecule has 0 radical (unpaired) electrons. The van der Waals surface area contributed by atoms with Crippen molar-refractivity contribution in [2.45, 2.75) is 31.8 Å². The van der Waals surface area contributed by atoms with Gasteiger partial charge < -0.3 is 9.53 Å². The zero-order chi connectivity index (χ0) is 7.40. The van der Waals surface area contributed by atoms with Crippen molar-refractivity contribution in [3.05, 3.63) is 0 Å². The summed E-state index contributed by atoms with van der Waals surface area (Å²) in [6, 6.07) is 0. The summed E-state index contributed by atoms with van der Waals surface area (Å²) in [5.41, 5.74) is 0. The molecule has 0 N–H and O–H groups in total. The molecule has 1 aliphatic rings. The van der Waals surface area contributed by atoms with E-state index in [0.717, 1.165) is 32.0 Å². The van der Waals surface area contributed by atoms with Crippen LogP contribution >= 0.6 is 0 Å². The topological polar surface area (TPSA) is 26.3 Å². The molecule has 0 aromatic carbocycles. The third-order valence-corrected chi connectivity index (χ3v) is 2.24. The highest BCUT2D eigenvalue weighted by atomic mass is 16.5. The summed E-state index contributed by atoms with van der Waals surface area (Å²) < 4.78 is 5.17. The number of carbonyl (C=O) groups excluding carboxylic acids is 1. The van der Waals surface area contributed by atoms with Gasteiger partial charge in [0, 0.05) is 13.0 Å². The van der Waals surface area contributed by atoms with E-state index in [-0.39, 0.29) is 0 Å². The summed E-state index contributed by atoms with van der Waals surface area (Å²) in [5.74, 6) is 0.311. The van der Waals surface area contributed by atoms with Gasteiger partial charge in [0.05, 0.1) is 6.10 Å². The van der Waals surface area contributed by atoms with Crippen molar-refractivity contribution in [3.8, 4) is 0 Å². The predicted molar refractivity (Wildman–Crippen MR) is 38.8 cm³/mol. The molecule has 1 saturated carbocycles. The lowest BCUT2D eigenvalue weighted by Crippen LogP contribution is -2.20. The second kappa shape index (κ2) is 3.71. The Kier molecular flexibility index (Phi) is 2.87. The molecule has 0 unspecified atom stereocenters. The number of rotatable bonds is 2. The van der Waals surface area contributed by atoms with E-state index in [9.17, 15) is 4.79 Å². The molecule has 0 atom stereocenters. The summed E-state index contributed by atoms with van der Waals surface area (Å²) in [6.45, 7) is 0. The first kappa shape index (κ1) is 7.73. The quantitative estimate of drug-likeness (QED) is 0.544. The Bertz CT molecular complexity index is 104. The molecular weight excluding hydrogens is 128 g/mol. The summed E-state index contributed by atoms with van der Waals surface area (Å²) in [4.78, 5) is 10.3. The van der Waals surface area contributed by atoms with Gasteiger partial charge in [0.1, 0.15) is 6.29 Å². The molecule has 0 amide bonds. The highest BCUT2D eigenvalue weighted by molar-refractivity contribution is 5.53. The van der Waals surface area contributed by atoms with Gasteiger partial charge in [-0.25, -0.2) is 0 Å². The lowest BCUT2D eigenvalue weighted by Gasteiger charge is -2.23. The van der Waals surface area contributed by atoms with Crippen molar-refractivity contribution in [1.29, 1.82) is 0 Å². The molecule has 0 bridgehead atoms. The Morgan fingerprint density at radius 1 is 1.30 bits per heavy atom. The SMILES string of the molecule is CO[C@H]1CC[C@@H](C=O)CC1. The molecule has 58 valence electrons. The summed E-state index contributed by atoms with van der Waals surface area (Å²) in [5, 5.41) is 0. The fourth-order valence-corrected chi connectivity index (χ4v) is 1.46. The van der Waals surface area contributed by atoms with Crippen LogP contribution in [0.15, 0.2) is 0 Å². The van der Waals surface area contributed by atoms with Crippen LogP contribution in [0.1, 0.15) is 25.7 Å². The maximum Gasteiger partial charge on any atom is 0.123 e. The minimum atomic E-state index is 0.311. The van der Waals surface area contributed by atoms with E-state index >= 15 is 0 Å². The first-order valence-corrected chi connectivity index (χ1v) is 3.85. The Morgan fingerprint density at radius 3 is 2.30 bits per heavy atom. The molecule has 0 spiro atoms. The van der Waals surface area contributed by atoms with Crippen molar-refractivity contribution in [2.24, 2.45) is 5.92 Å². The van der Waals surface area contributed by atoms with E-state index in [1.807, 2.05) is 0 Å². The van der Waals surface area contributed by atoms with E-state index in [1.165, 1.54) is 0 Å². The Hall–Kier alpha value is -0.370. The number of aldehydes is 1. The molecule has 1 fully saturated rings. The normalized spacial score (nSPS) is 33.7. The van der Waals surface area contributed by atoms with Crippen molar-refractivity contribution in [3.63, 3.8) is 0 Å². The van der Waals surface area contributed by atoms with E-state index in [1.54, 1.807) is 7.11 Å². The van der Waals surface area contributed by atoms with Crippen molar-refractivity contribution in [2.75, 3.05) is 7.11 Å². The molecular formula is C8H14O2.